The molecule has 3 N–H and O–H groups in total. The van der Waals surface area contributed by atoms with Gasteiger partial charge in [-0.05, 0) is 37.2 Å². The Labute approximate surface area is 151 Å². The summed E-state index contributed by atoms with van der Waals surface area (Å²) in [6.45, 7) is 5.12. The third-order valence-electron chi connectivity index (χ3n) is 4.20. The zero-order valence-electron chi connectivity index (χ0n) is 14.4. The molecule has 8 heteroatoms. The van der Waals surface area contributed by atoms with Crippen molar-refractivity contribution in [1.82, 2.24) is 14.9 Å². The molecular weight excluding hydrogens is 335 g/mol. The number of rotatable bonds is 6. The second-order valence-electron chi connectivity index (χ2n) is 6.01. The van der Waals surface area contributed by atoms with Crippen LogP contribution in [0.2, 0.25) is 0 Å². The molecule has 1 fully saturated rings. The summed E-state index contributed by atoms with van der Waals surface area (Å²) in [7, 11) is 0. The second-order valence-corrected chi connectivity index (χ2v) is 6.01. The van der Waals surface area contributed by atoms with Crippen LogP contribution < -0.4 is 11.1 Å². The van der Waals surface area contributed by atoms with E-state index < -0.39 is 0 Å². The number of nitrogens with one attached hydrogen (secondary N) is 1. The van der Waals surface area contributed by atoms with E-state index in [-0.39, 0.29) is 17.2 Å². The lowest BCUT2D eigenvalue weighted by atomic mass is 10.1. The number of benzene rings is 1. The van der Waals surface area contributed by atoms with Gasteiger partial charge in [0.15, 0.2) is 0 Å². The predicted octanol–water partition coefficient (Wildman–Crippen LogP) is 1.87. The maximum atomic E-state index is 13.2. The van der Waals surface area contributed by atoms with Gasteiger partial charge in [-0.1, -0.05) is 0 Å². The first-order valence-corrected chi connectivity index (χ1v) is 8.55. The quantitative estimate of drug-likeness (QED) is 0.762. The molecule has 0 amide bonds. The number of nitrogens with zero attached hydrogens (tertiary/aromatic N) is 4. The summed E-state index contributed by atoms with van der Waals surface area (Å²) in [4.78, 5) is 10.9. The lowest BCUT2D eigenvalue weighted by molar-refractivity contribution is 0.0378. The van der Waals surface area contributed by atoms with Gasteiger partial charge < -0.3 is 15.8 Å². The van der Waals surface area contributed by atoms with Crippen molar-refractivity contribution >= 4 is 11.8 Å². The molecule has 0 aliphatic carbocycles. The van der Waals surface area contributed by atoms with Crippen LogP contribution in [0.1, 0.15) is 12.0 Å². The number of anilines is 2. The van der Waals surface area contributed by atoms with Crippen molar-refractivity contribution in [3.05, 3.63) is 35.6 Å². The molecule has 1 aromatic carbocycles. The highest BCUT2D eigenvalue weighted by molar-refractivity contribution is 5.73. The third-order valence-corrected chi connectivity index (χ3v) is 4.20. The first-order chi connectivity index (χ1) is 12.7. The van der Waals surface area contributed by atoms with Gasteiger partial charge in [0.05, 0.1) is 18.9 Å². The molecule has 2 heterocycles. The highest BCUT2D eigenvalue weighted by Gasteiger charge is 2.14. The number of aromatic nitrogens is 2. The lowest BCUT2D eigenvalue weighted by Gasteiger charge is -2.26. The number of hydrogen-bond donors (Lipinski definition) is 2. The molecule has 2 aromatic rings. The Morgan fingerprint density at radius 3 is 2.65 bits per heavy atom. The standard InChI is InChI=1S/C18H21FN6O/c19-14-4-2-13(3-5-14)16-15(12-20)17(21)24-18(23-16)22-6-1-7-25-8-10-26-11-9-25/h2-5H,1,6-11H2,(H3,21,22,23,24). The van der Waals surface area contributed by atoms with Crippen LogP contribution in [0.15, 0.2) is 24.3 Å². The minimum atomic E-state index is -0.351. The van der Waals surface area contributed by atoms with Crippen LogP contribution in [0.3, 0.4) is 0 Å². The van der Waals surface area contributed by atoms with E-state index in [2.05, 4.69) is 20.2 Å². The van der Waals surface area contributed by atoms with Crippen molar-refractivity contribution in [3.63, 3.8) is 0 Å². The van der Waals surface area contributed by atoms with Crippen LogP contribution in [0.25, 0.3) is 11.3 Å². The van der Waals surface area contributed by atoms with Crippen molar-refractivity contribution in [2.75, 3.05) is 50.4 Å². The number of halogens is 1. The van der Waals surface area contributed by atoms with Gasteiger partial charge in [-0.15, -0.1) is 0 Å². The minimum absolute atomic E-state index is 0.109. The Kier molecular flexibility index (Phi) is 5.94. The monoisotopic (exact) mass is 356 g/mol. The summed E-state index contributed by atoms with van der Waals surface area (Å²) in [6.07, 6.45) is 0.926. The van der Waals surface area contributed by atoms with Crippen molar-refractivity contribution in [2.45, 2.75) is 6.42 Å². The first-order valence-electron chi connectivity index (χ1n) is 8.55. The summed E-state index contributed by atoms with van der Waals surface area (Å²) >= 11 is 0. The fourth-order valence-corrected chi connectivity index (χ4v) is 2.81. The van der Waals surface area contributed by atoms with Crippen molar-refractivity contribution in [1.29, 1.82) is 5.26 Å². The number of ether oxygens (including phenoxy) is 1. The van der Waals surface area contributed by atoms with Gasteiger partial charge in [0.1, 0.15) is 23.3 Å². The summed E-state index contributed by atoms with van der Waals surface area (Å²) in [5.74, 6) is 0.121. The van der Waals surface area contributed by atoms with Gasteiger partial charge in [0.2, 0.25) is 5.95 Å². The average Bonchev–Trinajstić information content (AvgIpc) is 2.66. The van der Waals surface area contributed by atoms with E-state index in [4.69, 9.17) is 10.5 Å². The lowest BCUT2D eigenvalue weighted by Crippen LogP contribution is -2.37. The van der Waals surface area contributed by atoms with Gasteiger partial charge >= 0.3 is 0 Å². The Morgan fingerprint density at radius 2 is 1.96 bits per heavy atom. The minimum Gasteiger partial charge on any atom is -0.382 e. The summed E-state index contributed by atoms with van der Waals surface area (Å²) in [6, 6.07) is 7.81. The Bertz CT molecular complexity index is 784. The Morgan fingerprint density at radius 1 is 1.23 bits per heavy atom. The normalized spacial score (nSPS) is 14.8. The molecule has 0 spiro atoms. The van der Waals surface area contributed by atoms with Crippen LogP contribution in [0.5, 0.6) is 0 Å². The number of nitriles is 1. The molecule has 136 valence electrons. The molecule has 0 unspecified atom stereocenters. The highest BCUT2D eigenvalue weighted by Crippen LogP contribution is 2.26. The molecule has 0 bridgehead atoms. The molecular formula is C18H21FN6O. The molecule has 0 atom stereocenters. The van der Waals surface area contributed by atoms with E-state index in [0.717, 1.165) is 39.3 Å². The van der Waals surface area contributed by atoms with E-state index in [0.29, 0.717) is 23.8 Å². The van der Waals surface area contributed by atoms with Crippen molar-refractivity contribution < 1.29 is 9.13 Å². The second kappa shape index (κ2) is 8.56. The van der Waals surface area contributed by atoms with E-state index in [9.17, 15) is 9.65 Å². The summed E-state index contributed by atoms with van der Waals surface area (Å²) in [5.41, 5.74) is 7.12. The van der Waals surface area contributed by atoms with Gasteiger partial charge in [0.25, 0.3) is 0 Å². The van der Waals surface area contributed by atoms with E-state index >= 15 is 0 Å². The van der Waals surface area contributed by atoms with Crippen LogP contribution >= 0.6 is 0 Å². The third kappa shape index (κ3) is 4.45. The van der Waals surface area contributed by atoms with Crippen LogP contribution in [-0.4, -0.2) is 54.3 Å². The maximum Gasteiger partial charge on any atom is 0.225 e. The Hall–Kier alpha value is -2.76. The predicted molar refractivity (Wildman–Crippen MR) is 96.9 cm³/mol. The zero-order valence-corrected chi connectivity index (χ0v) is 14.4. The molecule has 0 saturated carbocycles. The molecule has 0 radical (unpaired) electrons. The molecule has 1 aromatic heterocycles. The smallest absolute Gasteiger partial charge is 0.225 e. The van der Waals surface area contributed by atoms with Crippen molar-refractivity contribution in [3.8, 4) is 17.3 Å². The summed E-state index contributed by atoms with van der Waals surface area (Å²) in [5, 5.41) is 12.5. The molecule has 1 saturated heterocycles. The molecule has 7 nitrogen and oxygen atoms in total. The molecule has 26 heavy (non-hydrogen) atoms. The summed E-state index contributed by atoms with van der Waals surface area (Å²) < 4.78 is 18.5. The highest BCUT2D eigenvalue weighted by atomic mass is 19.1. The van der Waals surface area contributed by atoms with E-state index in [1.165, 1.54) is 12.1 Å². The number of hydrogen-bond acceptors (Lipinski definition) is 7. The van der Waals surface area contributed by atoms with Gasteiger partial charge in [-0.2, -0.15) is 10.2 Å². The average molecular weight is 356 g/mol. The van der Waals surface area contributed by atoms with Gasteiger partial charge in [-0.25, -0.2) is 9.37 Å². The maximum absolute atomic E-state index is 13.2. The van der Waals surface area contributed by atoms with Gasteiger partial charge in [-0.3, -0.25) is 4.90 Å². The van der Waals surface area contributed by atoms with Crippen LogP contribution in [-0.2, 0) is 4.74 Å². The van der Waals surface area contributed by atoms with Crippen LogP contribution in [0.4, 0.5) is 16.2 Å². The number of nitrogens with two attached hydrogens (primary N) is 1. The molecule has 1 aliphatic heterocycles. The van der Waals surface area contributed by atoms with Gasteiger partial charge in [0, 0.05) is 25.2 Å². The fraction of sp³-hybridized carbons (Fsp3) is 0.389. The van der Waals surface area contributed by atoms with Crippen LogP contribution in [0, 0.1) is 17.1 Å². The fourth-order valence-electron chi connectivity index (χ4n) is 2.81. The van der Waals surface area contributed by atoms with E-state index in [1.54, 1.807) is 12.1 Å². The SMILES string of the molecule is N#Cc1c(N)nc(NCCCN2CCOCC2)nc1-c1ccc(F)cc1. The Balaban J connectivity index is 1.68. The molecule has 1 aliphatic rings. The largest absolute Gasteiger partial charge is 0.382 e. The number of nitrogen functional groups attached to an aromatic ring is 1. The number of morpholine rings is 1. The first kappa shape index (κ1) is 18.0. The molecule has 3 rings (SSSR count). The van der Waals surface area contributed by atoms with E-state index in [1.807, 2.05) is 6.07 Å². The topological polar surface area (TPSA) is 100 Å². The van der Waals surface area contributed by atoms with Crippen molar-refractivity contribution in [2.24, 2.45) is 0 Å². The zero-order chi connectivity index (χ0) is 18.4.